The van der Waals surface area contributed by atoms with Crippen molar-refractivity contribution in [3.05, 3.63) is 23.0 Å². The second-order valence-corrected chi connectivity index (χ2v) is 3.48. The molecule has 1 aromatic rings. The Hall–Kier alpha value is -1.48. The fourth-order valence-corrected chi connectivity index (χ4v) is 1.60. The van der Waals surface area contributed by atoms with Gasteiger partial charge < -0.3 is 4.74 Å². The highest BCUT2D eigenvalue weighted by Crippen LogP contribution is 2.32. The van der Waals surface area contributed by atoms with Crippen LogP contribution in [0.25, 0.3) is 0 Å². The summed E-state index contributed by atoms with van der Waals surface area (Å²) >= 11 is 5.58. The number of aromatic nitrogens is 1. The standard InChI is InChI=1S/C10H8ClF3N2O/c1-6-5-16-8(2-3-15)9(7(6)4-11)17-10(12,13)14/h5H,2,4H2,1H3. The van der Waals surface area contributed by atoms with Gasteiger partial charge in [0.15, 0.2) is 5.75 Å². The first kappa shape index (κ1) is 13.6. The van der Waals surface area contributed by atoms with Crippen LogP contribution in [0.15, 0.2) is 6.20 Å². The van der Waals surface area contributed by atoms with E-state index in [0.29, 0.717) is 5.56 Å². The molecule has 0 saturated carbocycles. The molecule has 0 N–H and O–H groups in total. The summed E-state index contributed by atoms with van der Waals surface area (Å²) in [7, 11) is 0. The third-order valence-corrected chi connectivity index (χ3v) is 2.29. The van der Waals surface area contributed by atoms with Gasteiger partial charge in [0.1, 0.15) is 0 Å². The first-order valence-electron chi connectivity index (χ1n) is 4.55. The van der Waals surface area contributed by atoms with Gasteiger partial charge in [-0.15, -0.1) is 24.8 Å². The highest BCUT2D eigenvalue weighted by Gasteiger charge is 2.33. The molecule has 17 heavy (non-hydrogen) atoms. The summed E-state index contributed by atoms with van der Waals surface area (Å²) in [6.07, 6.45) is -3.73. The van der Waals surface area contributed by atoms with Crippen LogP contribution >= 0.6 is 11.6 Å². The van der Waals surface area contributed by atoms with Crippen molar-refractivity contribution in [1.82, 2.24) is 4.98 Å². The average molecular weight is 265 g/mol. The molecule has 0 spiro atoms. The molecule has 0 unspecified atom stereocenters. The smallest absolute Gasteiger partial charge is 0.403 e. The molecule has 7 heteroatoms. The summed E-state index contributed by atoms with van der Waals surface area (Å²) in [5.41, 5.74) is 0.622. The minimum absolute atomic E-state index is 0.0638. The molecule has 0 saturated heterocycles. The van der Waals surface area contributed by atoms with Crippen LogP contribution in [0.3, 0.4) is 0 Å². The van der Waals surface area contributed by atoms with E-state index in [1.54, 1.807) is 13.0 Å². The van der Waals surface area contributed by atoms with Crippen LogP contribution in [-0.4, -0.2) is 11.3 Å². The fourth-order valence-electron chi connectivity index (χ4n) is 1.27. The van der Waals surface area contributed by atoms with Gasteiger partial charge in [0.05, 0.1) is 24.1 Å². The Morgan fingerprint density at radius 3 is 2.65 bits per heavy atom. The van der Waals surface area contributed by atoms with Crippen molar-refractivity contribution >= 4 is 11.6 Å². The number of aryl methyl sites for hydroxylation is 1. The lowest BCUT2D eigenvalue weighted by atomic mass is 10.1. The zero-order chi connectivity index (χ0) is 13.1. The van der Waals surface area contributed by atoms with Crippen molar-refractivity contribution < 1.29 is 17.9 Å². The van der Waals surface area contributed by atoms with E-state index in [-0.39, 0.29) is 23.6 Å². The summed E-state index contributed by atoms with van der Waals surface area (Å²) < 4.78 is 40.6. The molecule has 1 rings (SSSR count). The number of nitriles is 1. The van der Waals surface area contributed by atoms with Gasteiger partial charge in [0.2, 0.25) is 0 Å². The van der Waals surface area contributed by atoms with Gasteiger partial charge in [-0.1, -0.05) is 0 Å². The fraction of sp³-hybridized carbons (Fsp3) is 0.400. The largest absolute Gasteiger partial charge is 0.573 e. The molecular weight excluding hydrogens is 257 g/mol. The second-order valence-electron chi connectivity index (χ2n) is 3.21. The van der Waals surface area contributed by atoms with Crippen molar-refractivity contribution in [2.75, 3.05) is 0 Å². The van der Waals surface area contributed by atoms with E-state index in [9.17, 15) is 13.2 Å². The Kier molecular flexibility index (Phi) is 4.18. The maximum atomic E-state index is 12.2. The molecule has 0 aliphatic rings. The van der Waals surface area contributed by atoms with Gasteiger partial charge in [-0.3, -0.25) is 4.98 Å². The van der Waals surface area contributed by atoms with Crippen LogP contribution in [0.1, 0.15) is 16.8 Å². The molecule has 0 radical (unpaired) electrons. The summed E-state index contributed by atoms with van der Waals surface area (Å²) in [6.45, 7) is 1.57. The second kappa shape index (κ2) is 5.23. The Bertz CT molecular complexity index is 454. The Morgan fingerprint density at radius 2 is 2.18 bits per heavy atom. The summed E-state index contributed by atoms with van der Waals surface area (Å²) in [5.74, 6) is -0.605. The number of alkyl halides is 4. The topological polar surface area (TPSA) is 45.9 Å². The molecule has 0 aliphatic heterocycles. The normalized spacial score (nSPS) is 11.1. The van der Waals surface area contributed by atoms with Gasteiger partial charge in [0.25, 0.3) is 0 Å². The van der Waals surface area contributed by atoms with Crippen LogP contribution in [0.5, 0.6) is 5.75 Å². The van der Waals surface area contributed by atoms with Crippen LogP contribution in [0.2, 0.25) is 0 Å². The third kappa shape index (κ3) is 3.49. The van der Waals surface area contributed by atoms with Crippen LogP contribution < -0.4 is 4.74 Å². The molecule has 0 bridgehead atoms. The van der Waals surface area contributed by atoms with E-state index in [2.05, 4.69) is 9.72 Å². The number of hydrogen-bond acceptors (Lipinski definition) is 3. The molecule has 0 fully saturated rings. The van der Waals surface area contributed by atoms with E-state index in [1.165, 1.54) is 6.20 Å². The Labute approximate surface area is 101 Å². The lowest BCUT2D eigenvalue weighted by molar-refractivity contribution is -0.275. The van der Waals surface area contributed by atoms with Gasteiger partial charge in [-0.2, -0.15) is 5.26 Å². The minimum Gasteiger partial charge on any atom is -0.403 e. The Balaban J connectivity index is 3.29. The van der Waals surface area contributed by atoms with Crippen molar-refractivity contribution in [3.63, 3.8) is 0 Å². The summed E-state index contributed by atoms with van der Waals surface area (Å²) in [5, 5.41) is 8.52. The molecule has 0 aliphatic carbocycles. The van der Waals surface area contributed by atoms with Crippen molar-refractivity contribution in [3.8, 4) is 11.8 Å². The number of hydrogen-bond donors (Lipinski definition) is 0. The van der Waals surface area contributed by atoms with Gasteiger partial charge in [-0.05, 0) is 12.5 Å². The number of ether oxygens (including phenoxy) is 1. The average Bonchev–Trinajstić information content (AvgIpc) is 2.21. The molecule has 0 aromatic carbocycles. The van der Waals surface area contributed by atoms with Gasteiger partial charge >= 0.3 is 6.36 Å². The van der Waals surface area contributed by atoms with E-state index in [0.717, 1.165) is 0 Å². The maximum absolute atomic E-state index is 12.2. The predicted octanol–water partition coefficient (Wildman–Crippen LogP) is 3.09. The van der Waals surface area contributed by atoms with Crippen molar-refractivity contribution in [1.29, 1.82) is 5.26 Å². The number of rotatable bonds is 3. The zero-order valence-electron chi connectivity index (χ0n) is 8.81. The number of nitrogens with zero attached hydrogens (tertiary/aromatic N) is 2. The maximum Gasteiger partial charge on any atom is 0.573 e. The predicted molar refractivity (Wildman–Crippen MR) is 54.5 cm³/mol. The van der Waals surface area contributed by atoms with Crippen LogP contribution in [-0.2, 0) is 12.3 Å². The molecule has 3 nitrogen and oxygen atoms in total. The van der Waals surface area contributed by atoms with Crippen molar-refractivity contribution in [2.45, 2.75) is 25.6 Å². The van der Waals surface area contributed by atoms with E-state index >= 15 is 0 Å². The van der Waals surface area contributed by atoms with E-state index < -0.39 is 12.1 Å². The summed E-state index contributed by atoms with van der Waals surface area (Å²) in [6, 6.07) is 1.73. The third-order valence-electron chi connectivity index (χ3n) is 2.02. The Morgan fingerprint density at radius 1 is 1.53 bits per heavy atom. The molecule has 0 atom stereocenters. The van der Waals surface area contributed by atoms with Gasteiger partial charge in [0, 0.05) is 11.8 Å². The van der Waals surface area contributed by atoms with Gasteiger partial charge in [-0.25, -0.2) is 0 Å². The van der Waals surface area contributed by atoms with E-state index in [4.69, 9.17) is 16.9 Å². The SMILES string of the molecule is Cc1cnc(CC#N)c(OC(F)(F)F)c1CCl. The van der Waals surface area contributed by atoms with E-state index in [1.807, 2.05) is 0 Å². The summed E-state index contributed by atoms with van der Waals surface area (Å²) in [4.78, 5) is 3.75. The minimum atomic E-state index is -4.83. The lowest BCUT2D eigenvalue weighted by Gasteiger charge is -2.16. The molecule has 1 heterocycles. The van der Waals surface area contributed by atoms with Crippen molar-refractivity contribution in [2.24, 2.45) is 0 Å². The molecule has 0 amide bonds. The monoisotopic (exact) mass is 264 g/mol. The highest BCUT2D eigenvalue weighted by atomic mass is 35.5. The molecule has 1 aromatic heterocycles. The molecule has 92 valence electrons. The lowest BCUT2D eigenvalue weighted by Crippen LogP contribution is -2.20. The quantitative estimate of drug-likeness (QED) is 0.788. The number of pyridine rings is 1. The zero-order valence-corrected chi connectivity index (χ0v) is 9.56. The first-order valence-corrected chi connectivity index (χ1v) is 5.08. The highest BCUT2D eigenvalue weighted by molar-refractivity contribution is 6.17. The molecular formula is C10H8ClF3N2O. The van der Waals surface area contributed by atoms with Crippen LogP contribution in [0.4, 0.5) is 13.2 Å². The number of halogens is 4. The van der Waals surface area contributed by atoms with Crippen LogP contribution in [0, 0.1) is 18.3 Å². The first-order chi connectivity index (χ1) is 7.89.